The van der Waals surface area contributed by atoms with Crippen LogP contribution >= 0.6 is 11.6 Å². The second-order valence-electron chi connectivity index (χ2n) is 6.04. The quantitative estimate of drug-likeness (QED) is 0.734. The Labute approximate surface area is 151 Å². The van der Waals surface area contributed by atoms with Gasteiger partial charge in [0.2, 0.25) is 0 Å². The van der Waals surface area contributed by atoms with Crippen molar-refractivity contribution in [3.05, 3.63) is 46.4 Å². The molecule has 0 unspecified atom stereocenters. The van der Waals surface area contributed by atoms with Gasteiger partial charge in [0.25, 0.3) is 0 Å². The van der Waals surface area contributed by atoms with Crippen LogP contribution in [0.15, 0.2) is 24.3 Å². The highest BCUT2D eigenvalue weighted by molar-refractivity contribution is 6.35. The molecule has 25 heavy (non-hydrogen) atoms. The maximum Gasteiger partial charge on any atom is 0.358 e. The Morgan fingerprint density at radius 1 is 1.32 bits per heavy atom. The molecule has 0 radical (unpaired) electrons. The van der Waals surface area contributed by atoms with Crippen molar-refractivity contribution in [2.24, 2.45) is 0 Å². The smallest absolute Gasteiger partial charge is 0.358 e. The summed E-state index contributed by atoms with van der Waals surface area (Å²) in [5.41, 5.74) is 1.16. The largest absolute Gasteiger partial charge is 0.497 e. The molecule has 0 N–H and O–H groups in total. The second kappa shape index (κ2) is 7.27. The van der Waals surface area contributed by atoms with Crippen LogP contribution in [-0.4, -0.2) is 37.2 Å². The van der Waals surface area contributed by atoms with Gasteiger partial charge < -0.3 is 14.4 Å². The van der Waals surface area contributed by atoms with Gasteiger partial charge >= 0.3 is 5.97 Å². The summed E-state index contributed by atoms with van der Waals surface area (Å²) < 4.78 is 10.1. The molecule has 0 saturated heterocycles. The standard InChI is InChI=1S/C18H20ClN3O3/c1-22(10-11-5-4-6-13(9-11)24-2)17-14(19)15(18(23)25-3)20-16(21-17)12-7-8-12/h4-6,9,12H,7-8,10H2,1-3H3. The molecule has 1 aromatic carbocycles. The molecule has 132 valence electrons. The first-order chi connectivity index (χ1) is 12.0. The molecular weight excluding hydrogens is 342 g/mol. The van der Waals surface area contributed by atoms with Crippen LogP contribution in [0.5, 0.6) is 5.75 Å². The average Bonchev–Trinajstić information content (AvgIpc) is 3.46. The highest BCUT2D eigenvalue weighted by Gasteiger charge is 2.30. The van der Waals surface area contributed by atoms with E-state index < -0.39 is 5.97 Å². The normalized spacial score (nSPS) is 13.4. The molecule has 1 saturated carbocycles. The summed E-state index contributed by atoms with van der Waals surface area (Å²) in [6, 6.07) is 7.77. The lowest BCUT2D eigenvalue weighted by molar-refractivity contribution is 0.0593. The number of aromatic nitrogens is 2. The fraction of sp³-hybridized carbons (Fsp3) is 0.389. The number of carbonyl (C=O) groups excluding carboxylic acids is 1. The first kappa shape index (κ1) is 17.5. The zero-order valence-corrected chi connectivity index (χ0v) is 15.2. The van der Waals surface area contributed by atoms with E-state index in [0.29, 0.717) is 24.1 Å². The van der Waals surface area contributed by atoms with Gasteiger partial charge in [-0.2, -0.15) is 0 Å². The molecule has 0 amide bonds. The van der Waals surface area contributed by atoms with E-state index >= 15 is 0 Å². The number of halogens is 1. The summed E-state index contributed by atoms with van der Waals surface area (Å²) in [4.78, 5) is 22.8. The molecule has 3 rings (SSSR count). The molecule has 6 nitrogen and oxygen atoms in total. The molecule has 2 aromatic rings. The van der Waals surface area contributed by atoms with Crippen LogP contribution in [-0.2, 0) is 11.3 Å². The van der Waals surface area contributed by atoms with Crippen molar-refractivity contribution in [1.29, 1.82) is 0 Å². The highest BCUT2D eigenvalue weighted by Crippen LogP contribution is 2.40. The number of esters is 1. The van der Waals surface area contributed by atoms with Gasteiger partial charge in [0, 0.05) is 19.5 Å². The van der Waals surface area contributed by atoms with Crippen LogP contribution in [0, 0.1) is 0 Å². The third-order valence-electron chi connectivity index (χ3n) is 4.09. The number of benzene rings is 1. The molecular formula is C18H20ClN3O3. The van der Waals surface area contributed by atoms with Crippen molar-refractivity contribution in [2.45, 2.75) is 25.3 Å². The van der Waals surface area contributed by atoms with Crippen molar-refractivity contribution in [3.8, 4) is 5.75 Å². The molecule has 7 heteroatoms. The maximum atomic E-state index is 12.0. The Bertz CT molecular complexity index is 793. The molecule has 0 aliphatic heterocycles. The van der Waals surface area contributed by atoms with Gasteiger partial charge in [-0.1, -0.05) is 23.7 Å². The minimum Gasteiger partial charge on any atom is -0.497 e. The fourth-order valence-electron chi connectivity index (χ4n) is 2.58. The van der Waals surface area contributed by atoms with Gasteiger partial charge in [0.15, 0.2) is 11.5 Å². The third-order valence-corrected chi connectivity index (χ3v) is 4.44. The molecule has 1 aliphatic carbocycles. The zero-order valence-electron chi connectivity index (χ0n) is 14.5. The first-order valence-electron chi connectivity index (χ1n) is 8.03. The van der Waals surface area contributed by atoms with Crippen molar-refractivity contribution in [1.82, 2.24) is 9.97 Å². The van der Waals surface area contributed by atoms with Crippen LogP contribution < -0.4 is 9.64 Å². The predicted octanol–water partition coefficient (Wildman–Crippen LogP) is 3.44. The number of carbonyl (C=O) groups is 1. The van der Waals surface area contributed by atoms with Crippen molar-refractivity contribution in [2.75, 3.05) is 26.2 Å². The van der Waals surface area contributed by atoms with Gasteiger partial charge in [-0.3, -0.25) is 0 Å². The Balaban J connectivity index is 1.93. The van der Waals surface area contributed by atoms with Crippen LogP contribution in [0.2, 0.25) is 5.02 Å². The molecule has 1 aliphatic rings. The lowest BCUT2D eigenvalue weighted by Crippen LogP contribution is -2.21. The average molecular weight is 362 g/mol. The van der Waals surface area contributed by atoms with E-state index in [2.05, 4.69) is 9.97 Å². The van der Waals surface area contributed by atoms with Crippen LogP contribution in [0.4, 0.5) is 5.82 Å². The van der Waals surface area contributed by atoms with Crippen molar-refractivity contribution < 1.29 is 14.3 Å². The van der Waals surface area contributed by atoms with Crippen molar-refractivity contribution >= 4 is 23.4 Å². The van der Waals surface area contributed by atoms with Gasteiger partial charge in [0.05, 0.1) is 14.2 Å². The van der Waals surface area contributed by atoms with Gasteiger partial charge in [0.1, 0.15) is 16.6 Å². The van der Waals surface area contributed by atoms with E-state index in [0.717, 1.165) is 24.2 Å². The summed E-state index contributed by atoms with van der Waals surface area (Å²) in [6.45, 7) is 0.568. The van der Waals surface area contributed by atoms with Crippen molar-refractivity contribution in [3.63, 3.8) is 0 Å². The molecule has 1 fully saturated rings. The molecule has 0 bridgehead atoms. The minimum atomic E-state index is -0.551. The number of ether oxygens (including phenoxy) is 2. The fourth-order valence-corrected chi connectivity index (χ4v) is 2.89. The number of methoxy groups -OCH3 is 2. The summed E-state index contributed by atoms with van der Waals surface area (Å²) in [7, 11) is 4.83. The topological polar surface area (TPSA) is 64.5 Å². The molecule has 1 aromatic heterocycles. The Kier molecular flexibility index (Phi) is 5.08. The highest BCUT2D eigenvalue weighted by atomic mass is 35.5. The summed E-state index contributed by atoms with van der Waals surface area (Å²) in [6.07, 6.45) is 2.06. The SMILES string of the molecule is COC(=O)c1nc(C2CC2)nc(N(C)Cc2cccc(OC)c2)c1Cl. The molecule has 0 atom stereocenters. The number of rotatable bonds is 6. The lowest BCUT2D eigenvalue weighted by Gasteiger charge is -2.21. The van der Waals surface area contributed by atoms with Crippen LogP contribution in [0.1, 0.15) is 40.6 Å². The van der Waals surface area contributed by atoms with Gasteiger partial charge in [-0.05, 0) is 30.5 Å². The zero-order chi connectivity index (χ0) is 18.0. The number of nitrogens with zero attached hydrogens (tertiary/aromatic N) is 3. The minimum absolute atomic E-state index is 0.119. The van der Waals surface area contributed by atoms with Gasteiger partial charge in [-0.15, -0.1) is 0 Å². The monoisotopic (exact) mass is 361 g/mol. The Morgan fingerprint density at radius 2 is 2.08 bits per heavy atom. The van der Waals surface area contributed by atoms with Crippen LogP contribution in [0.3, 0.4) is 0 Å². The third kappa shape index (κ3) is 3.85. The van der Waals surface area contributed by atoms with Gasteiger partial charge in [-0.25, -0.2) is 14.8 Å². The number of anilines is 1. The Hall–Kier alpha value is -2.34. The summed E-state index contributed by atoms with van der Waals surface area (Å²) in [5, 5.41) is 0.210. The van der Waals surface area contributed by atoms with Crippen LogP contribution in [0.25, 0.3) is 0 Å². The van der Waals surface area contributed by atoms with E-state index in [4.69, 9.17) is 21.1 Å². The molecule has 0 spiro atoms. The molecule has 1 heterocycles. The lowest BCUT2D eigenvalue weighted by atomic mass is 10.2. The Morgan fingerprint density at radius 3 is 2.72 bits per heavy atom. The second-order valence-corrected chi connectivity index (χ2v) is 6.42. The first-order valence-corrected chi connectivity index (χ1v) is 8.41. The number of hydrogen-bond donors (Lipinski definition) is 0. The summed E-state index contributed by atoms with van der Waals surface area (Å²) >= 11 is 6.41. The van der Waals surface area contributed by atoms with E-state index in [1.54, 1.807) is 7.11 Å². The summed E-state index contributed by atoms with van der Waals surface area (Å²) in [5.74, 6) is 1.71. The van der Waals surface area contributed by atoms with E-state index in [9.17, 15) is 4.79 Å². The van der Waals surface area contributed by atoms with E-state index in [-0.39, 0.29) is 10.7 Å². The van der Waals surface area contributed by atoms with E-state index in [1.807, 2.05) is 36.2 Å². The van der Waals surface area contributed by atoms with E-state index in [1.165, 1.54) is 7.11 Å². The predicted molar refractivity (Wildman–Crippen MR) is 95.5 cm³/mol. The number of hydrogen-bond acceptors (Lipinski definition) is 6. The maximum absolute atomic E-state index is 12.0.